The first-order chi connectivity index (χ1) is 23.3. The second-order valence-electron chi connectivity index (χ2n) is 10.8. The maximum absolute atomic E-state index is 12.3. The normalized spacial score (nSPS) is 18.8. The lowest BCUT2D eigenvalue weighted by atomic mass is 10.0. The van der Waals surface area contributed by atoms with Crippen molar-refractivity contribution < 1.29 is 24.0 Å². The summed E-state index contributed by atoms with van der Waals surface area (Å²) in [5.41, 5.74) is 0. The Morgan fingerprint density at radius 3 is 1.76 bits per heavy atom. The molecule has 4 aliphatic rings. The minimum Gasteiger partial charge on any atom is -0.354 e. The molecule has 3 aromatic rings. The maximum atomic E-state index is 12.3. The van der Waals surface area contributed by atoms with Crippen molar-refractivity contribution in [3.05, 3.63) is 78.3 Å². The number of rotatable bonds is 3. The quantitative estimate of drug-likeness (QED) is 0.218. The fourth-order valence-corrected chi connectivity index (χ4v) is 5.13. The maximum Gasteiger partial charge on any atom is 0.249 e. The van der Waals surface area contributed by atoms with E-state index in [0.717, 1.165) is 31.3 Å². The van der Waals surface area contributed by atoms with Gasteiger partial charge < -0.3 is 30.7 Å². The largest absolute Gasteiger partial charge is 0.354 e. The lowest BCUT2D eigenvalue weighted by Crippen LogP contribution is -2.60. The van der Waals surface area contributed by atoms with Gasteiger partial charge in [-0.25, -0.2) is 15.0 Å². The van der Waals surface area contributed by atoms with Crippen molar-refractivity contribution in [1.29, 1.82) is 0 Å². The van der Waals surface area contributed by atoms with Crippen molar-refractivity contribution in [3.8, 4) is 0 Å². The molecule has 1 atom stereocenters. The second kappa shape index (κ2) is 20.5. The molecular formula is C32H40Cl2N10O5. The summed E-state index contributed by atoms with van der Waals surface area (Å²) in [7, 11) is 0. The van der Waals surface area contributed by atoms with E-state index in [4.69, 9.17) is 11.6 Å². The van der Waals surface area contributed by atoms with E-state index < -0.39 is 6.04 Å². The number of anilines is 2. The van der Waals surface area contributed by atoms with Crippen molar-refractivity contribution in [3.63, 3.8) is 0 Å². The predicted molar refractivity (Wildman–Crippen MR) is 186 cm³/mol. The summed E-state index contributed by atoms with van der Waals surface area (Å²) in [6.45, 7) is 5.41. The molecule has 4 N–H and O–H groups in total. The fourth-order valence-electron chi connectivity index (χ4n) is 5.00. The Labute approximate surface area is 295 Å². The molecule has 3 aromatic heterocycles. The number of nitrogens with one attached hydrogen (secondary N) is 4. The van der Waals surface area contributed by atoms with Crippen LogP contribution in [0.3, 0.4) is 0 Å². The molecule has 0 aromatic carbocycles. The summed E-state index contributed by atoms with van der Waals surface area (Å²) in [5, 5.41) is 11.2. The van der Waals surface area contributed by atoms with Gasteiger partial charge in [-0.1, -0.05) is 29.8 Å². The second-order valence-corrected chi connectivity index (χ2v) is 11.2. The topological polar surface area (TPSA) is 182 Å². The van der Waals surface area contributed by atoms with Crippen molar-refractivity contribution in [2.75, 3.05) is 68.7 Å². The molecule has 0 aliphatic carbocycles. The van der Waals surface area contributed by atoms with Gasteiger partial charge in [0.25, 0.3) is 0 Å². The first-order valence-electron chi connectivity index (χ1n) is 15.6. The Bertz CT molecular complexity index is 1500. The number of carbonyl (C=O) groups is 5. The molecule has 0 spiro atoms. The van der Waals surface area contributed by atoms with Crippen LogP contribution < -0.4 is 31.1 Å². The number of hydrogen-bond donors (Lipinski definition) is 4. The zero-order valence-electron chi connectivity index (χ0n) is 26.8. The predicted octanol–water partition coefficient (Wildman–Crippen LogP) is 0.416. The zero-order chi connectivity index (χ0) is 34.1. The lowest BCUT2D eigenvalue weighted by molar-refractivity contribution is -0.145. The van der Waals surface area contributed by atoms with E-state index in [0.29, 0.717) is 44.3 Å². The highest BCUT2D eigenvalue weighted by Gasteiger charge is 2.37. The van der Waals surface area contributed by atoms with E-state index in [9.17, 15) is 24.0 Å². The number of carbonyl (C=O) groups excluding carboxylic acids is 5. The molecule has 5 amide bonds. The van der Waals surface area contributed by atoms with Crippen LogP contribution in [0.5, 0.6) is 0 Å². The molecule has 4 fully saturated rings. The number of piperazine rings is 3. The van der Waals surface area contributed by atoms with Crippen LogP contribution in [0.1, 0.15) is 12.8 Å². The van der Waals surface area contributed by atoms with E-state index >= 15 is 0 Å². The van der Waals surface area contributed by atoms with Crippen LogP contribution in [0.25, 0.3) is 0 Å². The number of imide groups is 1. The minimum absolute atomic E-state index is 0. The Morgan fingerprint density at radius 2 is 1.31 bits per heavy atom. The van der Waals surface area contributed by atoms with Crippen LogP contribution in [0, 0.1) is 0 Å². The van der Waals surface area contributed by atoms with Gasteiger partial charge in [0.05, 0.1) is 19.6 Å². The monoisotopic (exact) mass is 714 g/mol. The molecule has 0 bridgehead atoms. The summed E-state index contributed by atoms with van der Waals surface area (Å²) < 4.78 is 0. The SMILES string of the molecule is Cl.Clc1ccccn1.O=C1CCC(N2CCN(c3ccccn3)CC2=O)C(=O)N1.O=C1CN(c2ccccn2)CCN1.O=C1CNCCN1. The van der Waals surface area contributed by atoms with Gasteiger partial charge in [-0.2, -0.15) is 0 Å². The number of nitrogens with zero attached hydrogens (tertiary/aromatic N) is 6. The highest BCUT2D eigenvalue weighted by molar-refractivity contribution is 6.29. The molecule has 49 heavy (non-hydrogen) atoms. The molecule has 7 rings (SSSR count). The first-order valence-corrected chi connectivity index (χ1v) is 15.9. The fraction of sp³-hybridized carbons (Fsp3) is 0.375. The Kier molecular flexibility index (Phi) is 16.1. The molecule has 0 saturated carbocycles. The molecule has 17 heteroatoms. The van der Waals surface area contributed by atoms with Gasteiger partial charge in [-0.15, -0.1) is 12.4 Å². The van der Waals surface area contributed by atoms with E-state index in [1.54, 1.807) is 29.6 Å². The van der Waals surface area contributed by atoms with Gasteiger partial charge in [0.2, 0.25) is 29.5 Å². The van der Waals surface area contributed by atoms with Gasteiger partial charge in [0.15, 0.2) is 0 Å². The molecule has 7 heterocycles. The van der Waals surface area contributed by atoms with Crippen molar-refractivity contribution >= 4 is 65.2 Å². The average molecular weight is 716 g/mol. The Hall–Kier alpha value is -4.86. The smallest absolute Gasteiger partial charge is 0.249 e. The van der Waals surface area contributed by atoms with E-state index in [1.807, 2.05) is 58.3 Å². The highest BCUT2D eigenvalue weighted by Crippen LogP contribution is 2.19. The third-order valence-corrected chi connectivity index (χ3v) is 7.59. The standard InChI is InChI=1S/C14H16N4O3.C9H11N3O.C5H4ClN.C4H8N2O.ClH/c19-12-5-4-10(14(21)16-12)18-8-7-17(9-13(18)20)11-3-1-2-6-15-11;13-9-7-12(6-5-11-9)8-3-1-2-4-10-8;6-5-3-1-2-4-7-5;7-4-3-5-1-2-6-4;/h1-3,6,10H,4-5,7-9H2,(H,16,19,21);1-4H,5-7H2,(H,11,13);1-4H;5H,1-3H2,(H,6,7);1H. The van der Waals surface area contributed by atoms with E-state index in [1.165, 1.54) is 0 Å². The first kappa shape index (κ1) is 38.6. The van der Waals surface area contributed by atoms with Crippen LogP contribution in [0.2, 0.25) is 5.15 Å². The molecule has 0 radical (unpaired) electrons. The third-order valence-electron chi connectivity index (χ3n) is 7.37. The molecular weight excluding hydrogens is 675 g/mol. The number of aromatic nitrogens is 3. The molecule has 4 aliphatic heterocycles. The number of pyridine rings is 3. The van der Waals surface area contributed by atoms with Crippen LogP contribution in [0.4, 0.5) is 11.6 Å². The number of piperidine rings is 1. The van der Waals surface area contributed by atoms with Gasteiger partial charge >= 0.3 is 0 Å². The van der Waals surface area contributed by atoms with Crippen LogP contribution in [-0.4, -0.2) is 114 Å². The number of amides is 5. The zero-order valence-corrected chi connectivity index (χ0v) is 28.4. The van der Waals surface area contributed by atoms with E-state index in [2.05, 4.69) is 36.2 Å². The summed E-state index contributed by atoms with van der Waals surface area (Å²) in [4.78, 5) is 74.3. The van der Waals surface area contributed by atoms with Gasteiger partial charge in [-0.05, 0) is 42.8 Å². The van der Waals surface area contributed by atoms with Crippen LogP contribution >= 0.6 is 24.0 Å². The Balaban J connectivity index is 0.000000197. The van der Waals surface area contributed by atoms with Crippen molar-refractivity contribution in [2.45, 2.75) is 18.9 Å². The van der Waals surface area contributed by atoms with Crippen LogP contribution in [-0.2, 0) is 24.0 Å². The van der Waals surface area contributed by atoms with E-state index in [-0.39, 0.29) is 54.9 Å². The van der Waals surface area contributed by atoms with Crippen molar-refractivity contribution in [1.82, 2.24) is 41.1 Å². The molecule has 4 saturated heterocycles. The summed E-state index contributed by atoms with van der Waals surface area (Å²) in [5.74, 6) is 1.05. The molecule has 1 unspecified atom stereocenters. The molecule has 262 valence electrons. The van der Waals surface area contributed by atoms with Gasteiger partial charge in [-0.3, -0.25) is 29.3 Å². The number of halogens is 2. The van der Waals surface area contributed by atoms with Crippen LogP contribution in [0.15, 0.2) is 73.2 Å². The van der Waals surface area contributed by atoms with Gasteiger partial charge in [0, 0.05) is 64.3 Å². The van der Waals surface area contributed by atoms with Gasteiger partial charge in [0.1, 0.15) is 22.8 Å². The summed E-state index contributed by atoms with van der Waals surface area (Å²) >= 11 is 5.43. The number of hydrogen-bond acceptors (Lipinski definition) is 11. The Morgan fingerprint density at radius 1 is 0.673 bits per heavy atom. The highest BCUT2D eigenvalue weighted by atomic mass is 35.5. The van der Waals surface area contributed by atoms with Crippen molar-refractivity contribution in [2.24, 2.45) is 0 Å². The average Bonchev–Trinajstić information content (AvgIpc) is 3.11. The third kappa shape index (κ3) is 12.9. The molecule has 15 nitrogen and oxygen atoms in total. The summed E-state index contributed by atoms with van der Waals surface area (Å²) in [6.07, 6.45) is 5.76. The summed E-state index contributed by atoms with van der Waals surface area (Å²) in [6, 6.07) is 16.1. The lowest BCUT2D eigenvalue weighted by Gasteiger charge is -2.39. The minimum atomic E-state index is -0.527.